The number of ether oxygens (including phenoxy) is 2. The third kappa shape index (κ3) is 3.26. The Hall–Kier alpha value is -3.24. The van der Waals surface area contributed by atoms with Gasteiger partial charge in [0.1, 0.15) is 11.0 Å². The number of fused-ring (bicyclic) bond motifs is 3. The van der Waals surface area contributed by atoms with Crippen LogP contribution in [0, 0.1) is 0 Å². The fourth-order valence-corrected chi connectivity index (χ4v) is 3.81. The van der Waals surface area contributed by atoms with Gasteiger partial charge in [-0.25, -0.2) is 18.2 Å². The molecule has 2 aromatic carbocycles. The summed E-state index contributed by atoms with van der Waals surface area (Å²) in [4.78, 5) is 4.50. The van der Waals surface area contributed by atoms with Crippen molar-refractivity contribution in [2.45, 2.75) is 17.9 Å². The van der Waals surface area contributed by atoms with Crippen LogP contribution in [-0.4, -0.2) is 42.6 Å². The molecule has 0 aliphatic heterocycles. The molecule has 0 fully saturated rings. The molecule has 0 radical (unpaired) electrons. The van der Waals surface area contributed by atoms with Gasteiger partial charge in [-0.1, -0.05) is 17.3 Å². The summed E-state index contributed by atoms with van der Waals surface area (Å²) in [6, 6.07) is 9.82. The number of hydrogen-bond acceptors (Lipinski definition) is 7. The molecule has 0 saturated heterocycles. The first-order chi connectivity index (χ1) is 13.8. The number of nitrogens with zero attached hydrogens (tertiary/aromatic N) is 4. The van der Waals surface area contributed by atoms with Gasteiger partial charge in [0.15, 0.2) is 11.5 Å². The molecule has 0 aliphatic rings. The number of aromatic nitrogens is 4. The summed E-state index contributed by atoms with van der Waals surface area (Å²) in [5.74, 6) is 1.16. The zero-order chi connectivity index (χ0) is 20.8. The van der Waals surface area contributed by atoms with Crippen LogP contribution in [0.15, 0.2) is 47.5 Å². The first-order valence-electron chi connectivity index (χ1n) is 8.72. The first kappa shape index (κ1) is 19.1. The minimum Gasteiger partial charge on any atom is -0.493 e. The maximum Gasteiger partial charge on any atom is 0.238 e. The smallest absolute Gasteiger partial charge is 0.238 e. The number of nitrogens with two attached hydrogens (primary N) is 1. The van der Waals surface area contributed by atoms with Crippen LogP contribution < -0.4 is 14.6 Å². The Labute approximate surface area is 167 Å². The highest BCUT2D eigenvalue weighted by atomic mass is 32.2. The number of pyridine rings is 1. The third-order valence-electron chi connectivity index (χ3n) is 4.86. The van der Waals surface area contributed by atoms with E-state index in [1.807, 2.05) is 13.0 Å². The molecular weight excluding hydrogens is 394 g/mol. The summed E-state index contributed by atoms with van der Waals surface area (Å²) >= 11 is 0. The summed E-state index contributed by atoms with van der Waals surface area (Å²) in [7, 11) is -0.603. The Bertz CT molecular complexity index is 1320. The van der Waals surface area contributed by atoms with E-state index in [9.17, 15) is 8.42 Å². The Morgan fingerprint density at radius 1 is 1.03 bits per heavy atom. The van der Waals surface area contributed by atoms with Crippen LogP contribution in [0.25, 0.3) is 21.9 Å². The summed E-state index contributed by atoms with van der Waals surface area (Å²) in [5, 5.41) is 14.5. The summed E-state index contributed by atoms with van der Waals surface area (Å²) in [6.45, 7) is 1.95. The molecule has 10 heteroatoms. The molecule has 0 bridgehead atoms. The molecule has 150 valence electrons. The van der Waals surface area contributed by atoms with E-state index in [-0.39, 0.29) is 10.9 Å². The van der Waals surface area contributed by atoms with Gasteiger partial charge in [-0.15, -0.1) is 5.10 Å². The maximum atomic E-state index is 11.5. The maximum absolute atomic E-state index is 11.5. The normalized spacial score (nSPS) is 13.0. The van der Waals surface area contributed by atoms with Crippen LogP contribution in [-0.2, 0) is 10.0 Å². The van der Waals surface area contributed by atoms with Crippen molar-refractivity contribution in [3.8, 4) is 11.5 Å². The summed E-state index contributed by atoms with van der Waals surface area (Å²) < 4.78 is 35.6. The summed E-state index contributed by atoms with van der Waals surface area (Å²) in [5.41, 5.74) is 3.00. The molecule has 1 atom stereocenters. The Balaban J connectivity index is 1.88. The van der Waals surface area contributed by atoms with Crippen molar-refractivity contribution in [3.05, 3.63) is 48.2 Å². The average molecular weight is 413 g/mol. The average Bonchev–Trinajstić information content (AvgIpc) is 3.16. The van der Waals surface area contributed by atoms with E-state index in [1.165, 1.54) is 12.1 Å². The highest BCUT2D eigenvalue weighted by molar-refractivity contribution is 7.89. The van der Waals surface area contributed by atoms with E-state index in [1.54, 1.807) is 43.3 Å². The number of primary sulfonamides is 1. The zero-order valence-electron chi connectivity index (χ0n) is 16.0. The number of hydrogen-bond donors (Lipinski definition) is 1. The SMILES string of the molecule is COc1cc2ncc3nnn([C@@H](C)c4ccc(S(N)(=O)=O)cc4)c3c2cc1OC. The van der Waals surface area contributed by atoms with Crippen molar-refractivity contribution in [2.75, 3.05) is 14.2 Å². The lowest BCUT2D eigenvalue weighted by Gasteiger charge is -2.15. The molecule has 29 heavy (non-hydrogen) atoms. The molecule has 4 rings (SSSR count). The minimum atomic E-state index is -3.75. The van der Waals surface area contributed by atoms with Gasteiger partial charge < -0.3 is 9.47 Å². The molecule has 2 N–H and O–H groups in total. The molecule has 9 nitrogen and oxygen atoms in total. The Morgan fingerprint density at radius 2 is 1.69 bits per heavy atom. The van der Waals surface area contributed by atoms with E-state index in [4.69, 9.17) is 14.6 Å². The predicted molar refractivity (Wildman–Crippen MR) is 108 cm³/mol. The number of rotatable bonds is 5. The van der Waals surface area contributed by atoms with E-state index in [2.05, 4.69) is 15.3 Å². The van der Waals surface area contributed by atoms with Gasteiger partial charge >= 0.3 is 0 Å². The highest BCUT2D eigenvalue weighted by Gasteiger charge is 2.19. The monoisotopic (exact) mass is 413 g/mol. The molecule has 2 heterocycles. The molecule has 2 aromatic heterocycles. The third-order valence-corrected chi connectivity index (χ3v) is 5.79. The highest BCUT2D eigenvalue weighted by Crippen LogP contribution is 2.35. The standard InChI is InChI=1S/C19H19N5O4S/c1-11(12-4-6-13(7-5-12)29(20,25)26)24-19-14-8-17(27-2)18(28-3)9-15(14)21-10-16(19)22-23-24/h4-11H,1-3H3,(H2,20,25,26)/t11-/m0/s1. The largest absolute Gasteiger partial charge is 0.493 e. The zero-order valence-corrected chi connectivity index (χ0v) is 16.8. The Morgan fingerprint density at radius 3 is 2.31 bits per heavy atom. The van der Waals surface area contributed by atoms with Gasteiger partial charge in [-0.3, -0.25) is 4.98 Å². The number of benzene rings is 2. The van der Waals surface area contributed by atoms with Gasteiger partial charge in [0, 0.05) is 11.5 Å². The summed E-state index contributed by atoms with van der Waals surface area (Å²) in [6.07, 6.45) is 1.66. The van der Waals surface area contributed by atoms with Crippen molar-refractivity contribution >= 4 is 32.0 Å². The van der Waals surface area contributed by atoms with Crippen molar-refractivity contribution < 1.29 is 17.9 Å². The lowest BCUT2D eigenvalue weighted by molar-refractivity contribution is 0.356. The van der Waals surface area contributed by atoms with Gasteiger partial charge in [0.25, 0.3) is 0 Å². The lowest BCUT2D eigenvalue weighted by Crippen LogP contribution is -2.13. The van der Waals surface area contributed by atoms with Crippen molar-refractivity contribution in [1.29, 1.82) is 0 Å². The van der Waals surface area contributed by atoms with Crippen LogP contribution in [0.5, 0.6) is 11.5 Å². The predicted octanol–water partition coefficient (Wildman–Crippen LogP) is 2.25. The Kier molecular flexibility index (Phi) is 4.59. The van der Waals surface area contributed by atoms with E-state index < -0.39 is 10.0 Å². The van der Waals surface area contributed by atoms with Crippen LogP contribution >= 0.6 is 0 Å². The first-order valence-corrected chi connectivity index (χ1v) is 10.3. The van der Waals surface area contributed by atoms with Crippen LogP contribution in [0.3, 0.4) is 0 Å². The quantitative estimate of drug-likeness (QED) is 0.532. The topological polar surface area (TPSA) is 122 Å². The molecule has 0 unspecified atom stereocenters. The van der Waals surface area contributed by atoms with Crippen molar-refractivity contribution in [2.24, 2.45) is 5.14 Å². The van der Waals surface area contributed by atoms with E-state index >= 15 is 0 Å². The van der Waals surface area contributed by atoms with Crippen molar-refractivity contribution in [3.63, 3.8) is 0 Å². The molecule has 0 saturated carbocycles. The molecule has 0 amide bonds. The van der Waals surface area contributed by atoms with Crippen LogP contribution in [0.2, 0.25) is 0 Å². The number of methoxy groups -OCH3 is 2. The fraction of sp³-hybridized carbons (Fsp3) is 0.211. The lowest BCUT2D eigenvalue weighted by atomic mass is 10.1. The number of sulfonamides is 1. The van der Waals surface area contributed by atoms with Gasteiger partial charge in [-0.2, -0.15) is 0 Å². The van der Waals surface area contributed by atoms with E-state index in [0.717, 1.165) is 22.0 Å². The van der Waals surface area contributed by atoms with Crippen molar-refractivity contribution in [1.82, 2.24) is 20.0 Å². The second-order valence-corrected chi connectivity index (χ2v) is 8.10. The van der Waals surface area contributed by atoms with Crippen LogP contribution in [0.4, 0.5) is 0 Å². The minimum absolute atomic E-state index is 0.0587. The molecular formula is C19H19N5O4S. The van der Waals surface area contributed by atoms with Gasteiger partial charge in [0.2, 0.25) is 10.0 Å². The molecule has 0 spiro atoms. The fourth-order valence-electron chi connectivity index (χ4n) is 3.30. The molecule has 0 aliphatic carbocycles. The van der Waals surface area contributed by atoms with Crippen LogP contribution in [0.1, 0.15) is 18.5 Å². The van der Waals surface area contributed by atoms with E-state index in [0.29, 0.717) is 17.0 Å². The van der Waals surface area contributed by atoms with Gasteiger partial charge in [-0.05, 0) is 30.7 Å². The molecule has 4 aromatic rings. The van der Waals surface area contributed by atoms with Gasteiger partial charge in [0.05, 0.1) is 36.9 Å². The second-order valence-electron chi connectivity index (χ2n) is 6.54. The second kappa shape index (κ2) is 6.98.